The van der Waals surface area contributed by atoms with Crippen LogP contribution in [0.5, 0.6) is 0 Å². The Morgan fingerprint density at radius 1 is 0.818 bits per heavy atom. The maximum Gasteiger partial charge on any atom is 0.280 e. The third-order valence-electron chi connectivity index (χ3n) is 5.23. The summed E-state index contributed by atoms with van der Waals surface area (Å²) in [7, 11) is 0. The highest BCUT2D eigenvalue weighted by molar-refractivity contribution is 6.37. The molecule has 3 aromatic carbocycles. The molecule has 3 aromatic rings. The van der Waals surface area contributed by atoms with E-state index >= 15 is 0 Å². The summed E-state index contributed by atoms with van der Waals surface area (Å²) in [6.45, 7) is 1.43. The SMILES string of the molecule is C[C@@H](C(=O)c1ccc(Cl)cc1)N(C(=O)c1ccc(Cl)cc1Cl)N1C(=O)c2ccccc2C1=O. The molecule has 1 atom stereocenters. The number of ketones is 1. The topological polar surface area (TPSA) is 74.8 Å². The number of hydrogen-bond donors (Lipinski definition) is 0. The lowest BCUT2D eigenvalue weighted by Crippen LogP contribution is -2.56. The molecule has 0 unspecified atom stereocenters. The number of halogens is 3. The first-order valence-electron chi connectivity index (χ1n) is 9.77. The molecule has 3 amide bonds. The molecule has 0 aromatic heterocycles. The monoisotopic (exact) mass is 500 g/mol. The van der Waals surface area contributed by atoms with Crippen molar-refractivity contribution in [3.05, 3.63) is 104 Å². The molecule has 0 N–H and O–H groups in total. The van der Waals surface area contributed by atoms with Crippen LogP contribution in [0.2, 0.25) is 15.1 Å². The Bertz CT molecular complexity index is 1270. The Hall–Kier alpha value is -3.19. The molecule has 0 saturated heterocycles. The molecular formula is C24H15Cl3N2O4. The van der Waals surface area contributed by atoms with Crippen LogP contribution in [-0.2, 0) is 0 Å². The highest BCUT2D eigenvalue weighted by Gasteiger charge is 2.45. The van der Waals surface area contributed by atoms with Crippen LogP contribution in [0.4, 0.5) is 0 Å². The van der Waals surface area contributed by atoms with E-state index in [1.54, 1.807) is 12.1 Å². The van der Waals surface area contributed by atoms with Gasteiger partial charge in [-0.05, 0) is 61.5 Å². The molecule has 1 aliphatic rings. The molecule has 9 heteroatoms. The summed E-state index contributed by atoms with van der Waals surface area (Å²) in [5, 5.41) is 2.28. The molecule has 0 radical (unpaired) electrons. The number of rotatable bonds is 5. The number of benzene rings is 3. The molecule has 0 fully saturated rings. The van der Waals surface area contributed by atoms with Gasteiger partial charge in [0.15, 0.2) is 5.78 Å². The maximum atomic E-state index is 13.6. The second kappa shape index (κ2) is 8.98. The first kappa shape index (κ1) is 23.0. The van der Waals surface area contributed by atoms with Crippen LogP contribution in [0.3, 0.4) is 0 Å². The van der Waals surface area contributed by atoms with Gasteiger partial charge in [0.2, 0.25) is 0 Å². The summed E-state index contributed by atoms with van der Waals surface area (Å²) in [6, 6.07) is 15.2. The van der Waals surface area contributed by atoms with E-state index in [2.05, 4.69) is 0 Å². The van der Waals surface area contributed by atoms with E-state index in [1.807, 2.05) is 0 Å². The summed E-state index contributed by atoms with van der Waals surface area (Å²) in [6.07, 6.45) is 0. The molecule has 0 aliphatic carbocycles. The standard InChI is InChI=1S/C24H15Cl3N2O4/c1-13(21(30)14-6-8-15(25)9-7-14)28(24(33)19-11-10-16(26)12-20(19)27)29-22(31)17-4-2-3-5-18(17)23(29)32/h2-13H,1H3/t13-/m0/s1. The minimum atomic E-state index is -1.23. The lowest BCUT2D eigenvalue weighted by atomic mass is 10.0. The summed E-state index contributed by atoms with van der Waals surface area (Å²) < 4.78 is 0. The Kier molecular flexibility index (Phi) is 6.26. The van der Waals surface area contributed by atoms with Gasteiger partial charge in [0, 0.05) is 15.6 Å². The van der Waals surface area contributed by atoms with Crippen LogP contribution in [0.25, 0.3) is 0 Å². The lowest BCUT2D eigenvalue weighted by molar-refractivity contribution is -0.00680. The Morgan fingerprint density at radius 3 is 1.91 bits per heavy atom. The minimum Gasteiger partial charge on any atom is -0.292 e. The van der Waals surface area contributed by atoms with Crippen molar-refractivity contribution in [1.29, 1.82) is 0 Å². The maximum absolute atomic E-state index is 13.6. The average Bonchev–Trinajstić information content (AvgIpc) is 3.04. The second-order valence-electron chi connectivity index (χ2n) is 7.29. The molecule has 4 rings (SSSR count). The number of hydrazine groups is 1. The summed E-state index contributed by atoms with van der Waals surface area (Å²) >= 11 is 18.1. The fraction of sp³-hybridized carbons (Fsp3) is 0.0833. The van der Waals surface area contributed by atoms with Crippen molar-refractivity contribution in [2.45, 2.75) is 13.0 Å². The predicted octanol–water partition coefficient (Wildman–Crippen LogP) is 5.57. The van der Waals surface area contributed by atoms with E-state index in [0.29, 0.717) is 15.1 Å². The van der Waals surface area contributed by atoms with Crippen LogP contribution in [0.15, 0.2) is 66.7 Å². The van der Waals surface area contributed by atoms with Crippen LogP contribution in [0.1, 0.15) is 48.4 Å². The van der Waals surface area contributed by atoms with Crippen molar-refractivity contribution in [2.24, 2.45) is 0 Å². The summed E-state index contributed by atoms with van der Waals surface area (Å²) in [5.74, 6) is -2.74. The molecule has 0 spiro atoms. The van der Waals surface area contributed by atoms with E-state index < -0.39 is 29.5 Å². The highest BCUT2D eigenvalue weighted by atomic mass is 35.5. The third-order valence-corrected chi connectivity index (χ3v) is 6.03. The molecule has 33 heavy (non-hydrogen) atoms. The van der Waals surface area contributed by atoms with Gasteiger partial charge in [0.25, 0.3) is 17.7 Å². The Morgan fingerprint density at radius 2 is 1.36 bits per heavy atom. The van der Waals surface area contributed by atoms with Crippen molar-refractivity contribution < 1.29 is 19.2 Å². The van der Waals surface area contributed by atoms with Gasteiger partial charge in [-0.3, -0.25) is 19.2 Å². The van der Waals surface area contributed by atoms with E-state index in [9.17, 15) is 19.2 Å². The van der Waals surface area contributed by atoms with Gasteiger partial charge in [-0.25, -0.2) is 5.01 Å². The van der Waals surface area contributed by atoms with Crippen molar-refractivity contribution in [3.63, 3.8) is 0 Å². The molecule has 166 valence electrons. The zero-order valence-corrected chi connectivity index (χ0v) is 19.4. The third kappa shape index (κ3) is 4.13. The van der Waals surface area contributed by atoms with E-state index in [-0.39, 0.29) is 27.3 Å². The summed E-state index contributed by atoms with van der Waals surface area (Å²) in [4.78, 5) is 53.2. The van der Waals surface area contributed by atoms with E-state index in [1.165, 1.54) is 61.5 Å². The number of amides is 3. The molecule has 1 aliphatic heterocycles. The highest BCUT2D eigenvalue weighted by Crippen LogP contribution is 2.30. The minimum absolute atomic E-state index is 0.0141. The summed E-state index contributed by atoms with van der Waals surface area (Å²) in [5.41, 5.74) is 0.499. The zero-order chi connectivity index (χ0) is 23.9. The van der Waals surface area contributed by atoms with Crippen LogP contribution >= 0.6 is 34.8 Å². The number of carbonyl (C=O) groups is 4. The number of nitrogens with zero attached hydrogens (tertiary/aromatic N) is 2. The first-order valence-corrected chi connectivity index (χ1v) is 10.9. The van der Waals surface area contributed by atoms with Crippen LogP contribution in [0, 0.1) is 0 Å². The van der Waals surface area contributed by atoms with Crippen molar-refractivity contribution in [1.82, 2.24) is 10.0 Å². The second-order valence-corrected chi connectivity index (χ2v) is 8.57. The van der Waals surface area contributed by atoms with Crippen molar-refractivity contribution >= 4 is 58.3 Å². The van der Waals surface area contributed by atoms with Crippen LogP contribution < -0.4 is 0 Å². The number of hydrogen-bond acceptors (Lipinski definition) is 4. The first-order chi connectivity index (χ1) is 15.7. The zero-order valence-electron chi connectivity index (χ0n) is 17.1. The Balaban J connectivity index is 1.81. The largest absolute Gasteiger partial charge is 0.292 e. The lowest BCUT2D eigenvalue weighted by Gasteiger charge is -2.34. The fourth-order valence-corrected chi connectivity index (χ4v) is 4.18. The molecular weight excluding hydrogens is 487 g/mol. The van der Waals surface area contributed by atoms with Crippen molar-refractivity contribution in [2.75, 3.05) is 0 Å². The van der Waals surface area contributed by atoms with E-state index in [4.69, 9.17) is 34.8 Å². The Labute approximate surface area is 204 Å². The quantitative estimate of drug-likeness (QED) is 0.338. The molecule has 1 heterocycles. The number of imide groups is 1. The van der Waals surface area contributed by atoms with Gasteiger partial charge >= 0.3 is 0 Å². The molecule has 0 bridgehead atoms. The molecule has 6 nitrogen and oxygen atoms in total. The van der Waals surface area contributed by atoms with Gasteiger partial charge in [-0.1, -0.05) is 46.9 Å². The molecule has 0 saturated carbocycles. The number of carbonyl (C=O) groups excluding carboxylic acids is 4. The number of fused-ring (bicyclic) bond motifs is 1. The van der Waals surface area contributed by atoms with Gasteiger partial charge in [-0.15, -0.1) is 0 Å². The van der Waals surface area contributed by atoms with Gasteiger partial charge in [-0.2, -0.15) is 5.01 Å². The smallest absolute Gasteiger partial charge is 0.280 e. The van der Waals surface area contributed by atoms with Crippen LogP contribution in [-0.4, -0.2) is 39.6 Å². The van der Waals surface area contributed by atoms with Gasteiger partial charge in [0.05, 0.1) is 21.7 Å². The van der Waals surface area contributed by atoms with Gasteiger partial charge < -0.3 is 0 Å². The van der Waals surface area contributed by atoms with E-state index in [0.717, 1.165) is 5.01 Å². The van der Waals surface area contributed by atoms with Gasteiger partial charge in [0.1, 0.15) is 6.04 Å². The number of Topliss-reactive ketones (excluding diaryl/α,β-unsaturated/α-hetero) is 1. The average molecular weight is 502 g/mol. The fourth-order valence-electron chi connectivity index (χ4n) is 3.56. The predicted molar refractivity (Wildman–Crippen MR) is 125 cm³/mol. The normalized spacial score (nSPS) is 13.6. The van der Waals surface area contributed by atoms with Crippen molar-refractivity contribution in [3.8, 4) is 0 Å².